The molecular formula is C15H28NO2. The van der Waals surface area contributed by atoms with Gasteiger partial charge < -0.3 is 0 Å². The molecule has 0 unspecified atom stereocenters. The molecular weight excluding hydrogens is 226 g/mol. The van der Waals surface area contributed by atoms with Crippen molar-refractivity contribution in [2.45, 2.75) is 90.1 Å². The third-order valence-corrected chi connectivity index (χ3v) is 4.13. The van der Waals surface area contributed by atoms with Crippen LogP contribution in [0, 0.1) is 0 Å². The van der Waals surface area contributed by atoms with Crippen molar-refractivity contribution in [3.63, 3.8) is 0 Å². The number of ketones is 1. The summed E-state index contributed by atoms with van der Waals surface area (Å²) in [6, 6.07) is 0. The van der Waals surface area contributed by atoms with E-state index in [0.29, 0.717) is 12.8 Å². The highest BCUT2D eigenvalue weighted by Crippen LogP contribution is 2.41. The van der Waals surface area contributed by atoms with Crippen LogP contribution in [0.4, 0.5) is 0 Å². The molecule has 0 spiro atoms. The van der Waals surface area contributed by atoms with Gasteiger partial charge in [0, 0.05) is 12.8 Å². The predicted molar refractivity (Wildman–Crippen MR) is 72.6 cm³/mol. The molecule has 1 heterocycles. The molecule has 3 heteroatoms. The van der Waals surface area contributed by atoms with E-state index in [2.05, 4.69) is 13.8 Å². The Morgan fingerprint density at radius 3 is 2.00 bits per heavy atom. The summed E-state index contributed by atoms with van der Waals surface area (Å²) >= 11 is 0. The Kier molecular flexibility index (Phi) is 5.35. The van der Waals surface area contributed by atoms with Crippen LogP contribution in [0.25, 0.3) is 0 Å². The molecule has 1 rings (SSSR count). The van der Waals surface area contributed by atoms with Crippen molar-refractivity contribution in [2.24, 2.45) is 0 Å². The van der Waals surface area contributed by atoms with Crippen LogP contribution in [-0.2, 0) is 10.0 Å². The van der Waals surface area contributed by atoms with Gasteiger partial charge in [-0.1, -0.05) is 39.5 Å². The third kappa shape index (κ3) is 3.33. The van der Waals surface area contributed by atoms with Gasteiger partial charge in [0.25, 0.3) is 0 Å². The summed E-state index contributed by atoms with van der Waals surface area (Å²) in [5.74, 6) is 0.263. The molecule has 0 saturated carbocycles. The minimum atomic E-state index is -0.531. The zero-order valence-electron chi connectivity index (χ0n) is 12.4. The first-order valence-corrected chi connectivity index (χ1v) is 7.37. The Morgan fingerprint density at radius 1 is 1.06 bits per heavy atom. The van der Waals surface area contributed by atoms with Crippen LogP contribution in [0.1, 0.15) is 79.1 Å². The number of carbonyl (C=O) groups is 1. The molecule has 0 aliphatic carbocycles. The van der Waals surface area contributed by atoms with Gasteiger partial charge in [0.15, 0.2) is 0 Å². The molecule has 1 aliphatic rings. The van der Waals surface area contributed by atoms with Crippen molar-refractivity contribution in [1.82, 2.24) is 5.06 Å². The lowest BCUT2D eigenvalue weighted by Crippen LogP contribution is -2.61. The molecule has 1 fully saturated rings. The highest BCUT2D eigenvalue weighted by Gasteiger charge is 2.50. The summed E-state index contributed by atoms with van der Waals surface area (Å²) in [5.41, 5.74) is -0.957. The minimum absolute atomic E-state index is 0.263. The first kappa shape index (κ1) is 15.6. The van der Waals surface area contributed by atoms with Gasteiger partial charge in [-0.15, -0.1) is 10.3 Å². The van der Waals surface area contributed by atoms with Crippen LogP contribution in [-0.4, -0.2) is 21.9 Å². The molecule has 3 nitrogen and oxygen atoms in total. The van der Waals surface area contributed by atoms with Crippen molar-refractivity contribution in [3.8, 4) is 0 Å². The van der Waals surface area contributed by atoms with E-state index >= 15 is 0 Å². The maximum atomic E-state index is 12.7. The van der Waals surface area contributed by atoms with E-state index in [1.54, 1.807) is 0 Å². The maximum Gasteiger partial charge on any atom is 0.136 e. The number of rotatable bonds is 6. The lowest BCUT2D eigenvalue weighted by Gasteiger charge is -2.50. The standard InChI is InChI=1S/C15H28NO2/c1-5-7-9-15(10-8-6-2)12-13(17)11-14(3,4)16(15)18/h5-12H2,1-4H3. The number of nitrogens with zero attached hydrogens (tertiary/aromatic N) is 1. The minimum Gasteiger partial charge on any atom is -0.300 e. The van der Waals surface area contributed by atoms with Gasteiger partial charge in [0.1, 0.15) is 5.78 Å². The lowest BCUT2D eigenvalue weighted by molar-refractivity contribution is -0.293. The van der Waals surface area contributed by atoms with E-state index in [1.807, 2.05) is 13.8 Å². The monoisotopic (exact) mass is 254 g/mol. The van der Waals surface area contributed by atoms with E-state index in [1.165, 1.54) is 5.06 Å². The molecule has 0 aromatic heterocycles. The number of hydrogen-bond acceptors (Lipinski definition) is 2. The molecule has 0 bridgehead atoms. The van der Waals surface area contributed by atoms with Gasteiger partial charge in [-0.25, -0.2) is 0 Å². The third-order valence-electron chi connectivity index (χ3n) is 4.13. The number of carbonyl (C=O) groups excluding carboxylic acids is 1. The van der Waals surface area contributed by atoms with E-state index in [9.17, 15) is 10.0 Å². The Hall–Kier alpha value is -0.410. The second-order valence-electron chi connectivity index (χ2n) is 6.43. The summed E-state index contributed by atoms with van der Waals surface area (Å²) in [6.07, 6.45) is 6.81. The maximum absolute atomic E-state index is 12.7. The van der Waals surface area contributed by atoms with Crippen LogP contribution < -0.4 is 0 Å². The molecule has 0 aromatic carbocycles. The van der Waals surface area contributed by atoms with Crippen molar-refractivity contribution < 1.29 is 10.0 Å². The van der Waals surface area contributed by atoms with Crippen molar-refractivity contribution >= 4 is 5.78 Å². The zero-order valence-corrected chi connectivity index (χ0v) is 12.4. The summed E-state index contributed by atoms with van der Waals surface area (Å²) in [6.45, 7) is 8.09. The first-order chi connectivity index (χ1) is 8.38. The molecule has 0 amide bonds. The van der Waals surface area contributed by atoms with Crippen LogP contribution >= 0.6 is 0 Å². The van der Waals surface area contributed by atoms with E-state index in [-0.39, 0.29) is 5.78 Å². The average Bonchev–Trinajstić information content (AvgIpc) is 2.29. The van der Waals surface area contributed by atoms with Crippen molar-refractivity contribution in [1.29, 1.82) is 0 Å². The van der Waals surface area contributed by atoms with Crippen LogP contribution in [0.2, 0.25) is 0 Å². The molecule has 0 atom stereocenters. The average molecular weight is 254 g/mol. The topological polar surface area (TPSA) is 40.2 Å². The van der Waals surface area contributed by atoms with Crippen LogP contribution in [0.15, 0.2) is 0 Å². The summed E-state index contributed by atoms with van der Waals surface area (Å²) in [4.78, 5) is 12.0. The molecule has 0 aromatic rings. The SMILES string of the molecule is CCCCC1(CCCC)CC(=O)CC(C)(C)N1[O]. The van der Waals surface area contributed by atoms with Gasteiger partial charge in [-0.05, 0) is 26.7 Å². The molecule has 105 valence electrons. The Balaban J connectivity index is 2.93. The normalized spacial score (nSPS) is 23.3. The Morgan fingerprint density at radius 2 is 1.56 bits per heavy atom. The number of Topliss-reactive ketones (excluding diaryl/α,β-unsaturated/α-hetero) is 1. The van der Waals surface area contributed by atoms with E-state index in [4.69, 9.17) is 0 Å². The van der Waals surface area contributed by atoms with Gasteiger partial charge in [0.05, 0.1) is 11.1 Å². The second-order valence-corrected chi connectivity index (χ2v) is 6.43. The lowest BCUT2D eigenvalue weighted by atomic mass is 9.74. The first-order valence-electron chi connectivity index (χ1n) is 7.37. The van der Waals surface area contributed by atoms with Gasteiger partial charge in [-0.2, -0.15) is 0 Å². The number of hydroxylamine groups is 2. The van der Waals surface area contributed by atoms with Crippen LogP contribution in [0.5, 0.6) is 0 Å². The number of piperidine rings is 1. The molecule has 1 saturated heterocycles. The zero-order chi connectivity index (χ0) is 13.8. The van der Waals surface area contributed by atoms with E-state index < -0.39 is 11.1 Å². The fourth-order valence-electron chi connectivity index (χ4n) is 3.21. The number of hydrogen-bond donors (Lipinski definition) is 0. The summed E-state index contributed by atoms with van der Waals surface area (Å²) in [5, 5.41) is 14.0. The molecule has 0 N–H and O–H groups in total. The summed E-state index contributed by atoms with van der Waals surface area (Å²) < 4.78 is 0. The quantitative estimate of drug-likeness (QED) is 0.721. The van der Waals surface area contributed by atoms with Gasteiger partial charge in [-0.3, -0.25) is 4.79 Å². The smallest absolute Gasteiger partial charge is 0.136 e. The van der Waals surface area contributed by atoms with E-state index in [0.717, 1.165) is 38.5 Å². The molecule has 1 radical (unpaired) electrons. The Bertz CT molecular complexity index is 278. The fourth-order valence-corrected chi connectivity index (χ4v) is 3.21. The number of unbranched alkanes of at least 4 members (excludes halogenated alkanes) is 2. The van der Waals surface area contributed by atoms with Crippen molar-refractivity contribution in [2.75, 3.05) is 0 Å². The highest BCUT2D eigenvalue weighted by atomic mass is 16.5. The van der Waals surface area contributed by atoms with Gasteiger partial charge in [0.2, 0.25) is 0 Å². The van der Waals surface area contributed by atoms with Crippen LogP contribution in [0.3, 0.4) is 0 Å². The van der Waals surface area contributed by atoms with Crippen molar-refractivity contribution in [3.05, 3.63) is 0 Å². The fraction of sp³-hybridized carbons (Fsp3) is 0.933. The Labute approximate surface area is 112 Å². The molecule has 1 aliphatic heterocycles. The largest absolute Gasteiger partial charge is 0.300 e. The summed E-state index contributed by atoms with van der Waals surface area (Å²) in [7, 11) is 0. The van der Waals surface area contributed by atoms with Gasteiger partial charge >= 0.3 is 0 Å². The predicted octanol–water partition coefficient (Wildman–Crippen LogP) is 3.89. The molecule has 18 heavy (non-hydrogen) atoms. The highest BCUT2D eigenvalue weighted by molar-refractivity contribution is 5.81. The second kappa shape index (κ2) is 6.16.